The van der Waals surface area contributed by atoms with E-state index in [9.17, 15) is 8.42 Å². The predicted octanol–water partition coefficient (Wildman–Crippen LogP) is 1.60. The van der Waals surface area contributed by atoms with Gasteiger partial charge in [-0.1, -0.05) is 33.0 Å². The van der Waals surface area contributed by atoms with Crippen molar-refractivity contribution in [3.63, 3.8) is 0 Å². The second-order valence-corrected chi connectivity index (χ2v) is 8.51. The van der Waals surface area contributed by atoms with Crippen LogP contribution in [0.1, 0.15) is 40.0 Å². The zero-order chi connectivity index (χ0) is 15.3. The number of hydrogen-bond acceptors (Lipinski definition) is 3. The van der Waals surface area contributed by atoms with E-state index in [1.54, 1.807) is 4.31 Å². The second kappa shape index (κ2) is 7.68. The highest BCUT2D eigenvalue weighted by molar-refractivity contribution is 7.86. The highest BCUT2D eigenvalue weighted by atomic mass is 32.2. The van der Waals surface area contributed by atoms with E-state index in [1.165, 1.54) is 4.31 Å². The zero-order valence-electron chi connectivity index (χ0n) is 12.7. The average Bonchev–Trinajstić information content (AvgIpc) is 2.34. The van der Waals surface area contributed by atoms with Gasteiger partial charge in [0.2, 0.25) is 0 Å². The van der Waals surface area contributed by atoms with Crippen LogP contribution in [0.25, 0.3) is 0 Å². The van der Waals surface area contributed by atoms with Crippen molar-refractivity contribution in [3.8, 4) is 0 Å². The number of piperidine rings is 1. The first-order chi connectivity index (χ1) is 9.23. The van der Waals surface area contributed by atoms with Crippen LogP contribution >= 0.6 is 12.2 Å². The number of nitrogens with two attached hydrogens (primary N) is 1. The summed E-state index contributed by atoms with van der Waals surface area (Å²) in [5.74, 6) is 0.886. The van der Waals surface area contributed by atoms with E-state index in [4.69, 9.17) is 18.0 Å². The monoisotopic (exact) mass is 321 g/mol. The van der Waals surface area contributed by atoms with E-state index < -0.39 is 10.2 Å². The van der Waals surface area contributed by atoms with Crippen LogP contribution in [0.3, 0.4) is 0 Å². The molecule has 1 heterocycles. The second-order valence-electron chi connectivity index (χ2n) is 6.06. The van der Waals surface area contributed by atoms with Gasteiger partial charge in [-0.05, 0) is 24.7 Å². The number of rotatable bonds is 7. The van der Waals surface area contributed by atoms with Gasteiger partial charge < -0.3 is 5.73 Å². The molecule has 5 nitrogen and oxygen atoms in total. The van der Waals surface area contributed by atoms with Crippen LogP contribution in [-0.2, 0) is 10.2 Å². The molecule has 0 radical (unpaired) electrons. The predicted molar refractivity (Wildman–Crippen MR) is 86.7 cm³/mol. The average molecular weight is 322 g/mol. The van der Waals surface area contributed by atoms with Gasteiger partial charge in [0.25, 0.3) is 10.2 Å². The molecule has 1 aliphatic heterocycles. The summed E-state index contributed by atoms with van der Waals surface area (Å²) in [7, 11) is -3.39. The Hall–Kier alpha value is -0.240. The van der Waals surface area contributed by atoms with Gasteiger partial charge in [0.05, 0.1) is 4.99 Å². The molecule has 0 unspecified atom stereocenters. The summed E-state index contributed by atoms with van der Waals surface area (Å²) in [4.78, 5) is 0.362. The van der Waals surface area contributed by atoms with E-state index >= 15 is 0 Å². The molecule has 2 N–H and O–H groups in total. The molecule has 0 aromatic heterocycles. The number of hydrogen-bond donors (Lipinski definition) is 1. The molecule has 1 rings (SSSR count). The molecule has 1 aliphatic rings. The van der Waals surface area contributed by atoms with E-state index in [-0.39, 0.29) is 5.92 Å². The molecule has 1 fully saturated rings. The first kappa shape index (κ1) is 17.8. The molecule has 20 heavy (non-hydrogen) atoms. The maximum Gasteiger partial charge on any atom is 0.281 e. The molecule has 0 aromatic carbocycles. The Morgan fingerprint density at radius 3 is 2.40 bits per heavy atom. The van der Waals surface area contributed by atoms with E-state index in [0.717, 1.165) is 12.8 Å². The van der Waals surface area contributed by atoms with Crippen LogP contribution in [0.15, 0.2) is 0 Å². The van der Waals surface area contributed by atoms with Crippen molar-refractivity contribution in [3.05, 3.63) is 0 Å². The van der Waals surface area contributed by atoms with Crippen LogP contribution < -0.4 is 5.73 Å². The molecule has 1 saturated heterocycles. The minimum absolute atomic E-state index is 0.278. The molecular formula is C13H27N3O2S2. The first-order valence-electron chi connectivity index (χ1n) is 7.27. The van der Waals surface area contributed by atoms with Crippen molar-refractivity contribution in [2.45, 2.75) is 40.0 Å². The molecule has 0 bridgehead atoms. The SMILES string of the molecule is CC(C)CN(CCC(N)=S)S(=O)(=O)N1CCC(C)CC1. The smallest absolute Gasteiger partial charge is 0.281 e. The third-order valence-corrected chi connectivity index (χ3v) is 5.78. The van der Waals surface area contributed by atoms with Crippen molar-refractivity contribution >= 4 is 27.4 Å². The minimum Gasteiger partial charge on any atom is -0.393 e. The highest BCUT2D eigenvalue weighted by Gasteiger charge is 2.32. The Morgan fingerprint density at radius 2 is 1.95 bits per heavy atom. The fourth-order valence-corrected chi connectivity index (χ4v) is 4.22. The molecule has 0 atom stereocenters. The van der Waals surface area contributed by atoms with Gasteiger partial charge in [-0.25, -0.2) is 0 Å². The summed E-state index contributed by atoms with van der Waals surface area (Å²) < 4.78 is 28.6. The van der Waals surface area contributed by atoms with E-state index in [1.807, 2.05) is 13.8 Å². The van der Waals surface area contributed by atoms with Gasteiger partial charge in [0.15, 0.2) is 0 Å². The summed E-state index contributed by atoms with van der Waals surface area (Å²) in [6.07, 6.45) is 2.31. The third kappa shape index (κ3) is 5.27. The van der Waals surface area contributed by atoms with Crippen molar-refractivity contribution in [1.82, 2.24) is 8.61 Å². The van der Waals surface area contributed by atoms with Gasteiger partial charge in [0.1, 0.15) is 0 Å². The lowest BCUT2D eigenvalue weighted by Gasteiger charge is -2.34. The molecule has 0 aromatic rings. The summed E-state index contributed by atoms with van der Waals surface area (Å²) >= 11 is 4.87. The summed E-state index contributed by atoms with van der Waals surface area (Å²) in [5, 5.41) is 0. The number of thiocarbonyl (C=S) groups is 1. The fourth-order valence-electron chi connectivity index (χ4n) is 2.32. The van der Waals surface area contributed by atoms with Gasteiger partial charge >= 0.3 is 0 Å². The van der Waals surface area contributed by atoms with Gasteiger partial charge in [-0.3, -0.25) is 0 Å². The molecular weight excluding hydrogens is 294 g/mol. The topological polar surface area (TPSA) is 66.6 Å². The molecule has 0 saturated carbocycles. The third-order valence-electron chi connectivity index (χ3n) is 3.57. The molecule has 0 aliphatic carbocycles. The van der Waals surface area contributed by atoms with Crippen molar-refractivity contribution in [1.29, 1.82) is 0 Å². The Morgan fingerprint density at radius 1 is 1.40 bits per heavy atom. The maximum atomic E-state index is 12.7. The lowest BCUT2D eigenvalue weighted by Crippen LogP contribution is -2.48. The van der Waals surface area contributed by atoms with Gasteiger partial charge in [0, 0.05) is 32.6 Å². The molecule has 0 spiro atoms. The van der Waals surface area contributed by atoms with Crippen molar-refractivity contribution in [2.24, 2.45) is 17.6 Å². The lowest BCUT2D eigenvalue weighted by molar-refractivity contribution is 0.259. The van der Waals surface area contributed by atoms with Gasteiger partial charge in [-0.15, -0.1) is 0 Å². The molecule has 118 valence electrons. The maximum absolute atomic E-state index is 12.7. The Labute approximate surface area is 128 Å². The first-order valence-corrected chi connectivity index (χ1v) is 9.07. The van der Waals surface area contributed by atoms with Crippen LogP contribution in [0.4, 0.5) is 0 Å². The van der Waals surface area contributed by atoms with Crippen LogP contribution in [0, 0.1) is 11.8 Å². The van der Waals surface area contributed by atoms with Crippen LogP contribution in [-0.4, -0.2) is 48.2 Å². The van der Waals surface area contributed by atoms with Crippen molar-refractivity contribution < 1.29 is 8.42 Å². The standard InChI is InChI=1S/C13H27N3O2S2/c1-11(2)10-16(9-6-13(14)19)20(17,18)15-7-4-12(3)5-8-15/h11-12H,4-10H2,1-3H3,(H2,14,19). The summed E-state index contributed by atoms with van der Waals surface area (Å²) in [6, 6.07) is 0. The van der Waals surface area contributed by atoms with Gasteiger partial charge in [-0.2, -0.15) is 17.0 Å². The van der Waals surface area contributed by atoms with Crippen LogP contribution in [0.5, 0.6) is 0 Å². The molecule has 0 amide bonds. The fraction of sp³-hybridized carbons (Fsp3) is 0.923. The Kier molecular flexibility index (Phi) is 6.84. The quantitative estimate of drug-likeness (QED) is 0.723. The summed E-state index contributed by atoms with van der Waals surface area (Å²) in [5.41, 5.74) is 5.51. The largest absolute Gasteiger partial charge is 0.393 e. The van der Waals surface area contributed by atoms with Crippen molar-refractivity contribution in [2.75, 3.05) is 26.2 Å². The van der Waals surface area contributed by atoms with Crippen LogP contribution in [0.2, 0.25) is 0 Å². The lowest BCUT2D eigenvalue weighted by atomic mass is 10.0. The normalized spacial score (nSPS) is 18.9. The molecule has 7 heteroatoms. The Bertz CT molecular complexity index is 415. The minimum atomic E-state index is -3.39. The zero-order valence-corrected chi connectivity index (χ0v) is 14.3. The summed E-state index contributed by atoms with van der Waals surface area (Å²) in [6.45, 7) is 8.32. The highest BCUT2D eigenvalue weighted by Crippen LogP contribution is 2.21. The Balaban J connectivity index is 2.78. The van der Waals surface area contributed by atoms with E-state index in [0.29, 0.717) is 43.5 Å². The number of nitrogens with zero attached hydrogens (tertiary/aromatic N) is 2. The van der Waals surface area contributed by atoms with E-state index in [2.05, 4.69) is 6.92 Å².